The fraction of sp³-hybridized carbons (Fsp3) is 1.00. The maximum Gasteiger partial charge on any atom is 0.211 e. The number of rotatable bonds is 6. The maximum absolute atomic E-state index is 11.4. The molecule has 0 rings (SSSR count). The van der Waals surface area contributed by atoms with Crippen LogP contribution in [-0.2, 0) is 10.0 Å². The molecule has 0 fully saturated rings. The van der Waals surface area contributed by atoms with Gasteiger partial charge in [0.25, 0.3) is 0 Å². The second-order valence-electron chi connectivity index (χ2n) is 6.33. The number of nitrogens with one attached hydrogen (secondary N) is 1. The van der Waals surface area contributed by atoms with Gasteiger partial charge in [0.05, 0.1) is 6.26 Å². The molecular weight excluding hydrogens is 236 g/mol. The summed E-state index contributed by atoms with van der Waals surface area (Å²) in [6, 6.07) is 0.546. The number of sulfonamides is 1. The minimum absolute atomic E-state index is 0.185. The summed E-state index contributed by atoms with van der Waals surface area (Å²) in [5.41, 5.74) is 0.185. The lowest BCUT2D eigenvalue weighted by Crippen LogP contribution is -2.45. The second kappa shape index (κ2) is 6.16. The fourth-order valence-corrected chi connectivity index (χ4v) is 2.28. The Kier molecular flexibility index (Phi) is 6.11. The van der Waals surface area contributed by atoms with Gasteiger partial charge in [0.2, 0.25) is 10.0 Å². The van der Waals surface area contributed by atoms with E-state index in [1.54, 1.807) is 7.05 Å². The average Bonchev–Trinajstić information content (AvgIpc) is 1.96. The molecule has 5 heteroatoms. The fourth-order valence-electron chi connectivity index (χ4n) is 1.83. The van der Waals surface area contributed by atoms with Gasteiger partial charge < -0.3 is 5.32 Å². The van der Waals surface area contributed by atoms with Gasteiger partial charge in [0, 0.05) is 25.7 Å². The zero-order valence-electron chi connectivity index (χ0n) is 12.2. The van der Waals surface area contributed by atoms with Gasteiger partial charge in [-0.05, 0) is 11.8 Å². The normalized spacial score (nSPS) is 15.6. The molecule has 0 aromatic heterocycles. The van der Waals surface area contributed by atoms with Crippen LogP contribution in [0.2, 0.25) is 0 Å². The molecule has 1 N–H and O–H groups in total. The number of likely N-dealkylation sites (N-methyl/N-ethyl adjacent to an activating group) is 1. The highest BCUT2D eigenvalue weighted by Gasteiger charge is 2.23. The molecule has 0 aliphatic rings. The van der Waals surface area contributed by atoms with Crippen LogP contribution in [0, 0.1) is 5.41 Å². The van der Waals surface area contributed by atoms with E-state index >= 15 is 0 Å². The van der Waals surface area contributed by atoms with E-state index in [-0.39, 0.29) is 11.5 Å². The molecule has 0 aromatic rings. The molecule has 0 spiro atoms. The molecule has 0 unspecified atom stereocenters. The van der Waals surface area contributed by atoms with Crippen LogP contribution in [0.1, 0.15) is 41.0 Å². The summed E-state index contributed by atoms with van der Waals surface area (Å²) < 4.78 is 24.2. The van der Waals surface area contributed by atoms with Crippen molar-refractivity contribution in [2.75, 3.05) is 19.8 Å². The molecule has 0 aliphatic carbocycles. The first-order valence-electron chi connectivity index (χ1n) is 6.09. The molecule has 0 aromatic carbocycles. The van der Waals surface area contributed by atoms with Crippen molar-refractivity contribution >= 4 is 10.0 Å². The molecule has 104 valence electrons. The number of nitrogens with zero attached hydrogens (tertiary/aromatic N) is 1. The molecule has 0 saturated carbocycles. The first kappa shape index (κ1) is 16.9. The topological polar surface area (TPSA) is 49.4 Å². The summed E-state index contributed by atoms with van der Waals surface area (Å²) in [5.74, 6) is 0. The van der Waals surface area contributed by atoms with Crippen molar-refractivity contribution < 1.29 is 8.42 Å². The summed E-state index contributed by atoms with van der Waals surface area (Å²) in [5, 5.41) is 3.43. The van der Waals surface area contributed by atoms with Crippen LogP contribution >= 0.6 is 0 Å². The van der Waals surface area contributed by atoms with E-state index in [1.165, 1.54) is 10.6 Å². The Labute approximate surface area is 107 Å². The molecule has 0 aliphatic heterocycles. The SMILES string of the molecule is CC(C)N[C@H](CN(C)S(C)(=O)=O)CC(C)(C)C. The second-order valence-corrected chi connectivity index (χ2v) is 8.42. The highest BCUT2D eigenvalue weighted by molar-refractivity contribution is 7.88. The minimum atomic E-state index is -3.10. The van der Waals surface area contributed by atoms with E-state index < -0.39 is 10.0 Å². The Balaban J connectivity index is 4.60. The first-order valence-corrected chi connectivity index (χ1v) is 7.94. The lowest BCUT2D eigenvalue weighted by molar-refractivity contribution is 0.269. The van der Waals surface area contributed by atoms with Crippen LogP contribution in [-0.4, -0.2) is 44.7 Å². The Hall–Kier alpha value is -0.130. The Morgan fingerprint density at radius 3 is 2.00 bits per heavy atom. The van der Waals surface area contributed by atoms with Gasteiger partial charge in [-0.25, -0.2) is 12.7 Å². The van der Waals surface area contributed by atoms with Crippen molar-refractivity contribution in [3.8, 4) is 0 Å². The van der Waals surface area contributed by atoms with Crippen molar-refractivity contribution in [2.45, 2.75) is 53.1 Å². The molecule has 0 heterocycles. The van der Waals surface area contributed by atoms with E-state index in [1.807, 2.05) is 0 Å². The van der Waals surface area contributed by atoms with Gasteiger partial charge in [0.1, 0.15) is 0 Å². The van der Waals surface area contributed by atoms with Crippen molar-refractivity contribution in [1.82, 2.24) is 9.62 Å². The predicted octanol–water partition coefficient (Wildman–Crippen LogP) is 1.68. The Bertz CT molecular complexity index is 318. The van der Waals surface area contributed by atoms with Crippen LogP contribution in [0.25, 0.3) is 0 Å². The smallest absolute Gasteiger partial charge is 0.211 e. The third kappa shape index (κ3) is 8.57. The maximum atomic E-state index is 11.4. The van der Waals surface area contributed by atoms with Crippen LogP contribution in [0.4, 0.5) is 0 Å². The molecule has 17 heavy (non-hydrogen) atoms. The monoisotopic (exact) mass is 264 g/mol. The van der Waals surface area contributed by atoms with Crippen LogP contribution < -0.4 is 5.32 Å². The van der Waals surface area contributed by atoms with Gasteiger partial charge >= 0.3 is 0 Å². The van der Waals surface area contributed by atoms with Crippen molar-refractivity contribution in [3.05, 3.63) is 0 Å². The molecule has 1 atom stereocenters. The zero-order chi connectivity index (χ0) is 13.9. The van der Waals surface area contributed by atoms with E-state index in [0.29, 0.717) is 12.6 Å². The van der Waals surface area contributed by atoms with E-state index in [2.05, 4.69) is 39.9 Å². The van der Waals surface area contributed by atoms with Gasteiger partial charge in [-0.15, -0.1) is 0 Å². The number of hydrogen-bond acceptors (Lipinski definition) is 3. The third-order valence-electron chi connectivity index (χ3n) is 2.47. The number of hydrogen-bond donors (Lipinski definition) is 1. The van der Waals surface area contributed by atoms with E-state index in [0.717, 1.165) is 6.42 Å². The van der Waals surface area contributed by atoms with Crippen LogP contribution in [0.3, 0.4) is 0 Å². The zero-order valence-corrected chi connectivity index (χ0v) is 13.1. The molecule has 0 saturated heterocycles. The lowest BCUT2D eigenvalue weighted by Gasteiger charge is -2.30. The lowest BCUT2D eigenvalue weighted by atomic mass is 9.88. The molecular formula is C12H28N2O2S. The van der Waals surface area contributed by atoms with Crippen molar-refractivity contribution in [3.63, 3.8) is 0 Å². The minimum Gasteiger partial charge on any atom is -0.310 e. The summed E-state index contributed by atoms with van der Waals surface area (Å²) >= 11 is 0. The quantitative estimate of drug-likeness (QED) is 0.794. The van der Waals surface area contributed by atoms with E-state index in [4.69, 9.17) is 0 Å². The summed E-state index contributed by atoms with van der Waals surface area (Å²) in [4.78, 5) is 0. The van der Waals surface area contributed by atoms with Crippen molar-refractivity contribution in [1.29, 1.82) is 0 Å². The molecule has 0 amide bonds. The van der Waals surface area contributed by atoms with Gasteiger partial charge in [-0.2, -0.15) is 0 Å². The predicted molar refractivity (Wildman–Crippen MR) is 73.6 cm³/mol. The van der Waals surface area contributed by atoms with Gasteiger partial charge in [-0.3, -0.25) is 0 Å². The molecule has 0 bridgehead atoms. The Morgan fingerprint density at radius 1 is 1.24 bits per heavy atom. The van der Waals surface area contributed by atoms with Crippen molar-refractivity contribution in [2.24, 2.45) is 5.41 Å². The average molecular weight is 264 g/mol. The summed E-state index contributed by atoms with van der Waals surface area (Å²) in [7, 11) is -1.46. The standard InChI is InChI=1S/C12H28N2O2S/c1-10(2)13-11(8-12(3,4)5)9-14(6)17(7,15)16/h10-11,13H,8-9H2,1-7H3/t11-/m0/s1. The largest absolute Gasteiger partial charge is 0.310 e. The Morgan fingerprint density at radius 2 is 1.71 bits per heavy atom. The third-order valence-corrected chi connectivity index (χ3v) is 3.75. The molecule has 4 nitrogen and oxygen atoms in total. The first-order chi connectivity index (χ1) is 7.42. The molecule has 0 radical (unpaired) electrons. The summed E-state index contributed by atoms with van der Waals surface area (Å²) in [6.45, 7) is 11.2. The van der Waals surface area contributed by atoms with E-state index in [9.17, 15) is 8.42 Å². The van der Waals surface area contributed by atoms with Gasteiger partial charge in [0.15, 0.2) is 0 Å². The van der Waals surface area contributed by atoms with Gasteiger partial charge in [-0.1, -0.05) is 34.6 Å². The highest BCUT2D eigenvalue weighted by atomic mass is 32.2. The van der Waals surface area contributed by atoms with Crippen LogP contribution in [0.15, 0.2) is 0 Å². The van der Waals surface area contributed by atoms with Crippen LogP contribution in [0.5, 0.6) is 0 Å². The summed E-state index contributed by atoms with van der Waals surface area (Å²) in [6.07, 6.45) is 2.20. The highest BCUT2D eigenvalue weighted by Crippen LogP contribution is 2.21.